The molecule has 0 radical (unpaired) electrons. The Hall–Kier alpha value is -2.99. The highest BCUT2D eigenvalue weighted by molar-refractivity contribution is 5.80. The van der Waals surface area contributed by atoms with Gasteiger partial charge in [0.1, 0.15) is 11.3 Å². The molecule has 0 unspecified atom stereocenters. The Kier molecular flexibility index (Phi) is 5.66. The fraction of sp³-hybridized carbons (Fsp3) is 0.292. The second kappa shape index (κ2) is 8.14. The number of fused-ring (bicyclic) bond motifs is 1. The van der Waals surface area contributed by atoms with Crippen LogP contribution in [0.25, 0.3) is 11.0 Å². The molecular formula is C24H24O3. The van der Waals surface area contributed by atoms with E-state index >= 15 is 0 Å². The third kappa shape index (κ3) is 4.41. The van der Waals surface area contributed by atoms with E-state index in [-0.39, 0.29) is 17.8 Å². The van der Waals surface area contributed by atoms with Crippen LogP contribution in [-0.4, -0.2) is 12.6 Å². The molecule has 2 aromatic carbocycles. The molecule has 138 valence electrons. The molecule has 2 atom stereocenters. The van der Waals surface area contributed by atoms with Crippen LogP contribution in [0, 0.1) is 24.7 Å². The van der Waals surface area contributed by atoms with E-state index in [1.54, 1.807) is 0 Å². The van der Waals surface area contributed by atoms with Gasteiger partial charge in [0.2, 0.25) is 0 Å². The van der Waals surface area contributed by atoms with Gasteiger partial charge in [-0.2, -0.15) is 0 Å². The van der Waals surface area contributed by atoms with Crippen molar-refractivity contribution in [2.75, 3.05) is 6.61 Å². The molecule has 1 aromatic heterocycles. The predicted molar refractivity (Wildman–Crippen MR) is 108 cm³/mol. The van der Waals surface area contributed by atoms with Gasteiger partial charge in [-0.3, -0.25) is 4.79 Å². The molecule has 0 aliphatic rings. The Bertz CT molecular complexity index is 1000. The summed E-state index contributed by atoms with van der Waals surface area (Å²) in [5.41, 5.74) is 3.94. The minimum atomic E-state index is -0.258. The summed E-state index contributed by atoms with van der Waals surface area (Å²) in [5.74, 6) is 6.66. The number of aryl methyl sites for hydroxylation is 1. The number of ether oxygens (including phenoxy) is 1. The molecule has 0 aliphatic heterocycles. The molecule has 3 heteroatoms. The predicted octanol–water partition coefficient (Wildman–Crippen LogP) is 5.44. The SMILES string of the molecule is CCOC(=O)[C@H](C)[C@@H](C)c1cc2cc(C#Cc3ccc(C)cc3)ccc2o1. The van der Waals surface area contributed by atoms with Crippen LogP contribution in [0.1, 0.15) is 49.1 Å². The highest BCUT2D eigenvalue weighted by Crippen LogP contribution is 2.30. The Morgan fingerprint density at radius 2 is 1.70 bits per heavy atom. The van der Waals surface area contributed by atoms with Gasteiger partial charge in [-0.15, -0.1) is 0 Å². The summed E-state index contributed by atoms with van der Waals surface area (Å²) in [7, 11) is 0. The standard InChI is InChI=1S/C24H24O3/c1-5-26-24(25)18(4)17(3)23-15-21-14-20(12-13-22(21)27-23)11-10-19-8-6-16(2)7-9-19/h6-9,12-15,17-18H,5H2,1-4H3/t17-,18-/m1/s1. The van der Waals surface area contributed by atoms with Crippen molar-refractivity contribution in [1.82, 2.24) is 0 Å². The quantitative estimate of drug-likeness (QED) is 0.459. The number of furan rings is 1. The molecular weight excluding hydrogens is 336 g/mol. The van der Waals surface area contributed by atoms with E-state index in [2.05, 4.69) is 30.9 Å². The first-order chi connectivity index (χ1) is 13.0. The molecule has 0 bridgehead atoms. The Balaban J connectivity index is 1.83. The van der Waals surface area contributed by atoms with Crippen molar-refractivity contribution in [2.45, 2.75) is 33.6 Å². The Morgan fingerprint density at radius 1 is 1.04 bits per heavy atom. The highest BCUT2D eigenvalue weighted by atomic mass is 16.5. The summed E-state index contributed by atoms with van der Waals surface area (Å²) < 4.78 is 11.1. The number of carbonyl (C=O) groups excluding carboxylic acids is 1. The van der Waals surface area contributed by atoms with Gasteiger partial charge < -0.3 is 9.15 Å². The molecule has 0 aliphatic carbocycles. The first-order valence-electron chi connectivity index (χ1n) is 9.26. The molecule has 0 amide bonds. The third-order valence-corrected chi connectivity index (χ3v) is 4.80. The van der Waals surface area contributed by atoms with Gasteiger partial charge in [0.15, 0.2) is 0 Å². The number of benzene rings is 2. The zero-order valence-corrected chi connectivity index (χ0v) is 16.2. The summed E-state index contributed by atoms with van der Waals surface area (Å²) in [6.07, 6.45) is 0. The van der Waals surface area contributed by atoms with Crippen LogP contribution in [0.3, 0.4) is 0 Å². The Morgan fingerprint density at radius 3 is 2.41 bits per heavy atom. The topological polar surface area (TPSA) is 39.4 Å². The summed E-state index contributed by atoms with van der Waals surface area (Å²) in [6, 6.07) is 16.1. The van der Waals surface area contributed by atoms with Crippen molar-refractivity contribution < 1.29 is 13.9 Å². The van der Waals surface area contributed by atoms with Crippen molar-refractivity contribution in [3.63, 3.8) is 0 Å². The zero-order valence-electron chi connectivity index (χ0n) is 16.2. The molecule has 27 heavy (non-hydrogen) atoms. The van der Waals surface area contributed by atoms with Crippen LogP contribution < -0.4 is 0 Å². The van der Waals surface area contributed by atoms with Crippen LogP contribution in [-0.2, 0) is 9.53 Å². The lowest BCUT2D eigenvalue weighted by Crippen LogP contribution is -2.19. The fourth-order valence-electron chi connectivity index (χ4n) is 2.87. The second-order valence-electron chi connectivity index (χ2n) is 6.85. The second-order valence-corrected chi connectivity index (χ2v) is 6.85. The average molecular weight is 360 g/mol. The molecule has 0 fully saturated rings. The van der Waals surface area contributed by atoms with E-state index < -0.39 is 0 Å². The van der Waals surface area contributed by atoms with E-state index in [9.17, 15) is 4.79 Å². The lowest BCUT2D eigenvalue weighted by molar-refractivity contribution is -0.148. The maximum atomic E-state index is 12.0. The fourth-order valence-corrected chi connectivity index (χ4v) is 2.87. The molecule has 3 nitrogen and oxygen atoms in total. The van der Waals surface area contributed by atoms with Gasteiger partial charge >= 0.3 is 5.97 Å². The molecule has 0 spiro atoms. The number of rotatable bonds is 4. The maximum Gasteiger partial charge on any atom is 0.309 e. The van der Waals surface area contributed by atoms with E-state index in [4.69, 9.17) is 9.15 Å². The van der Waals surface area contributed by atoms with Crippen molar-refractivity contribution >= 4 is 16.9 Å². The van der Waals surface area contributed by atoms with Crippen LogP contribution >= 0.6 is 0 Å². The van der Waals surface area contributed by atoms with Crippen molar-refractivity contribution in [3.8, 4) is 11.8 Å². The highest BCUT2D eigenvalue weighted by Gasteiger charge is 2.25. The normalized spacial score (nSPS) is 12.9. The number of esters is 1. The molecule has 3 rings (SSSR count). The molecule has 0 saturated carbocycles. The van der Waals surface area contributed by atoms with Gasteiger partial charge in [0.25, 0.3) is 0 Å². The minimum absolute atomic E-state index is 0.0569. The number of carbonyl (C=O) groups is 1. The van der Waals surface area contributed by atoms with E-state index in [0.717, 1.165) is 27.9 Å². The maximum absolute atomic E-state index is 12.0. The first-order valence-corrected chi connectivity index (χ1v) is 9.26. The Labute approximate surface area is 160 Å². The first kappa shape index (κ1) is 18.8. The summed E-state index contributed by atoms with van der Waals surface area (Å²) in [6.45, 7) is 8.12. The summed E-state index contributed by atoms with van der Waals surface area (Å²) in [4.78, 5) is 12.0. The lowest BCUT2D eigenvalue weighted by atomic mass is 9.93. The van der Waals surface area contributed by atoms with Crippen LogP contribution in [0.2, 0.25) is 0 Å². The molecule has 0 N–H and O–H groups in total. The average Bonchev–Trinajstić information content (AvgIpc) is 3.10. The third-order valence-electron chi connectivity index (χ3n) is 4.80. The van der Waals surface area contributed by atoms with Crippen LogP contribution in [0.4, 0.5) is 0 Å². The molecule has 3 aromatic rings. The van der Waals surface area contributed by atoms with Crippen LogP contribution in [0.15, 0.2) is 52.9 Å². The minimum Gasteiger partial charge on any atom is -0.466 e. The van der Waals surface area contributed by atoms with Crippen molar-refractivity contribution in [2.24, 2.45) is 5.92 Å². The molecule has 1 heterocycles. The van der Waals surface area contributed by atoms with E-state index in [0.29, 0.717) is 6.61 Å². The van der Waals surface area contributed by atoms with E-state index in [1.807, 2.05) is 57.2 Å². The summed E-state index contributed by atoms with van der Waals surface area (Å²) >= 11 is 0. The van der Waals surface area contributed by atoms with Crippen LogP contribution in [0.5, 0.6) is 0 Å². The number of hydrogen-bond donors (Lipinski definition) is 0. The number of hydrogen-bond acceptors (Lipinski definition) is 3. The van der Waals surface area contributed by atoms with Gasteiger partial charge in [0.05, 0.1) is 12.5 Å². The van der Waals surface area contributed by atoms with Crippen molar-refractivity contribution in [3.05, 3.63) is 71.0 Å². The smallest absolute Gasteiger partial charge is 0.309 e. The van der Waals surface area contributed by atoms with Crippen molar-refractivity contribution in [1.29, 1.82) is 0 Å². The largest absolute Gasteiger partial charge is 0.466 e. The lowest BCUT2D eigenvalue weighted by Gasteiger charge is -2.15. The van der Waals surface area contributed by atoms with E-state index in [1.165, 1.54) is 5.56 Å². The zero-order chi connectivity index (χ0) is 19.4. The van der Waals surface area contributed by atoms with Gasteiger partial charge in [-0.25, -0.2) is 0 Å². The molecule has 0 saturated heterocycles. The van der Waals surface area contributed by atoms with Gasteiger partial charge in [-0.05, 0) is 50.2 Å². The van der Waals surface area contributed by atoms with Gasteiger partial charge in [0, 0.05) is 22.4 Å². The van der Waals surface area contributed by atoms with Gasteiger partial charge in [-0.1, -0.05) is 43.4 Å². The summed E-state index contributed by atoms with van der Waals surface area (Å²) in [5, 5.41) is 0.989. The monoisotopic (exact) mass is 360 g/mol.